The second-order valence-corrected chi connectivity index (χ2v) is 3.25. The molecule has 0 aromatic carbocycles. The Morgan fingerprint density at radius 2 is 2.33 bits per heavy atom. The van der Waals surface area contributed by atoms with Gasteiger partial charge in [0.25, 0.3) is 0 Å². The van der Waals surface area contributed by atoms with Crippen LogP contribution in [0.1, 0.15) is 31.9 Å². The van der Waals surface area contributed by atoms with Crippen molar-refractivity contribution in [1.82, 2.24) is 9.78 Å². The third kappa shape index (κ3) is 2.34. The quantitative estimate of drug-likeness (QED) is 0.737. The smallest absolute Gasteiger partial charge is 0.0521 e. The van der Waals surface area contributed by atoms with E-state index in [2.05, 4.69) is 18.9 Å². The van der Waals surface area contributed by atoms with Crippen LogP contribution in [0.25, 0.3) is 0 Å². The summed E-state index contributed by atoms with van der Waals surface area (Å²) in [7, 11) is 0. The maximum atomic E-state index is 8.62. The second kappa shape index (κ2) is 4.26. The molecule has 0 unspecified atom stereocenters. The fourth-order valence-electron chi connectivity index (χ4n) is 1.07. The van der Waals surface area contributed by atoms with Crippen molar-refractivity contribution in [2.75, 3.05) is 6.61 Å². The number of hydrogen-bond donors (Lipinski definition) is 1. The predicted molar refractivity (Wildman–Crippen MR) is 48.0 cm³/mol. The van der Waals surface area contributed by atoms with E-state index in [9.17, 15) is 0 Å². The van der Waals surface area contributed by atoms with Crippen LogP contribution in [-0.2, 0) is 6.42 Å². The maximum Gasteiger partial charge on any atom is 0.0521 e. The van der Waals surface area contributed by atoms with Crippen molar-refractivity contribution in [2.45, 2.75) is 32.7 Å². The van der Waals surface area contributed by atoms with E-state index in [0.717, 1.165) is 12.8 Å². The van der Waals surface area contributed by atoms with E-state index in [0.29, 0.717) is 6.04 Å². The predicted octanol–water partition coefficient (Wildman–Crippen LogP) is 1.39. The molecule has 0 aliphatic carbocycles. The molecule has 0 bridgehead atoms. The highest BCUT2D eigenvalue weighted by Gasteiger charge is 2.00. The van der Waals surface area contributed by atoms with Crippen LogP contribution in [0.15, 0.2) is 12.4 Å². The minimum absolute atomic E-state index is 0.257. The van der Waals surface area contributed by atoms with Gasteiger partial charge in [-0.25, -0.2) is 0 Å². The number of aliphatic hydroxyl groups excluding tert-OH is 1. The first-order valence-corrected chi connectivity index (χ1v) is 4.38. The highest BCUT2D eigenvalue weighted by molar-refractivity contribution is 5.04. The summed E-state index contributed by atoms with van der Waals surface area (Å²) in [6.45, 7) is 4.46. The van der Waals surface area contributed by atoms with Gasteiger partial charge in [-0.3, -0.25) is 4.68 Å². The van der Waals surface area contributed by atoms with E-state index in [-0.39, 0.29) is 6.61 Å². The molecule has 0 amide bonds. The summed E-state index contributed by atoms with van der Waals surface area (Å²) < 4.78 is 1.94. The van der Waals surface area contributed by atoms with Gasteiger partial charge in [0, 0.05) is 18.8 Å². The van der Waals surface area contributed by atoms with Gasteiger partial charge in [-0.1, -0.05) is 0 Å². The first kappa shape index (κ1) is 9.26. The van der Waals surface area contributed by atoms with E-state index >= 15 is 0 Å². The summed E-state index contributed by atoms with van der Waals surface area (Å²) in [6.07, 6.45) is 5.66. The summed E-state index contributed by atoms with van der Waals surface area (Å²) in [6, 6.07) is 0.424. The SMILES string of the molecule is CC(C)n1cc(CCCO)cn1. The van der Waals surface area contributed by atoms with Crippen LogP contribution in [0.5, 0.6) is 0 Å². The highest BCUT2D eigenvalue weighted by Crippen LogP contribution is 2.06. The van der Waals surface area contributed by atoms with Crippen LogP contribution in [0.3, 0.4) is 0 Å². The molecule has 3 nitrogen and oxygen atoms in total. The molecule has 1 N–H and O–H groups in total. The van der Waals surface area contributed by atoms with Gasteiger partial charge in [-0.2, -0.15) is 5.10 Å². The van der Waals surface area contributed by atoms with Crippen LogP contribution in [0, 0.1) is 0 Å². The van der Waals surface area contributed by atoms with Crippen molar-refractivity contribution in [3.05, 3.63) is 18.0 Å². The third-order valence-corrected chi connectivity index (χ3v) is 1.81. The monoisotopic (exact) mass is 168 g/mol. The van der Waals surface area contributed by atoms with Gasteiger partial charge >= 0.3 is 0 Å². The maximum absolute atomic E-state index is 8.62. The van der Waals surface area contributed by atoms with E-state index in [1.54, 1.807) is 0 Å². The number of aliphatic hydroxyl groups is 1. The lowest BCUT2D eigenvalue weighted by Crippen LogP contribution is -1.99. The molecule has 0 saturated heterocycles. The van der Waals surface area contributed by atoms with Gasteiger partial charge < -0.3 is 5.11 Å². The van der Waals surface area contributed by atoms with Crippen LogP contribution < -0.4 is 0 Å². The van der Waals surface area contributed by atoms with Crippen molar-refractivity contribution in [3.63, 3.8) is 0 Å². The fraction of sp³-hybridized carbons (Fsp3) is 0.667. The van der Waals surface area contributed by atoms with E-state index in [4.69, 9.17) is 5.11 Å². The van der Waals surface area contributed by atoms with Gasteiger partial charge in [0.2, 0.25) is 0 Å². The first-order chi connectivity index (χ1) is 5.74. The largest absolute Gasteiger partial charge is 0.396 e. The molecule has 0 fully saturated rings. The number of rotatable bonds is 4. The highest BCUT2D eigenvalue weighted by atomic mass is 16.2. The molecule has 0 aliphatic heterocycles. The van der Waals surface area contributed by atoms with E-state index in [1.807, 2.05) is 17.1 Å². The second-order valence-electron chi connectivity index (χ2n) is 3.25. The van der Waals surface area contributed by atoms with Gasteiger partial charge in [0.15, 0.2) is 0 Å². The van der Waals surface area contributed by atoms with Crippen molar-refractivity contribution < 1.29 is 5.11 Å². The van der Waals surface area contributed by atoms with Crippen LogP contribution in [0.2, 0.25) is 0 Å². The first-order valence-electron chi connectivity index (χ1n) is 4.38. The Kier molecular flexibility index (Phi) is 3.29. The molecular weight excluding hydrogens is 152 g/mol. The molecule has 3 heteroatoms. The number of hydrogen-bond acceptors (Lipinski definition) is 2. The Labute approximate surface area is 73.0 Å². The average Bonchev–Trinajstić information content (AvgIpc) is 2.48. The molecule has 1 aromatic heterocycles. The topological polar surface area (TPSA) is 38.0 Å². The van der Waals surface area contributed by atoms with Gasteiger partial charge in [-0.15, -0.1) is 0 Å². The standard InChI is InChI=1S/C9H16N2O/c1-8(2)11-7-9(6-10-11)4-3-5-12/h6-8,12H,3-5H2,1-2H3. The molecule has 1 heterocycles. The van der Waals surface area contributed by atoms with Gasteiger partial charge in [0.05, 0.1) is 6.20 Å². The average molecular weight is 168 g/mol. The Morgan fingerprint density at radius 1 is 1.58 bits per heavy atom. The third-order valence-electron chi connectivity index (χ3n) is 1.81. The van der Waals surface area contributed by atoms with Crippen molar-refractivity contribution in [1.29, 1.82) is 0 Å². The molecule has 0 atom stereocenters. The normalized spacial score (nSPS) is 11.0. The van der Waals surface area contributed by atoms with Gasteiger partial charge in [0.1, 0.15) is 0 Å². The minimum atomic E-state index is 0.257. The fourth-order valence-corrected chi connectivity index (χ4v) is 1.07. The summed E-state index contributed by atoms with van der Waals surface area (Å²) in [5, 5.41) is 12.8. The minimum Gasteiger partial charge on any atom is -0.396 e. The van der Waals surface area contributed by atoms with Crippen LogP contribution >= 0.6 is 0 Å². The Bertz CT molecular complexity index is 230. The molecule has 0 spiro atoms. The lowest BCUT2D eigenvalue weighted by atomic mass is 10.2. The zero-order chi connectivity index (χ0) is 8.97. The summed E-state index contributed by atoms with van der Waals surface area (Å²) >= 11 is 0. The molecule has 1 rings (SSSR count). The van der Waals surface area contributed by atoms with Crippen molar-refractivity contribution >= 4 is 0 Å². The lowest BCUT2D eigenvalue weighted by Gasteiger charge is -2.02. The van der Waals surface area contributed by atoms with Crippen LogP contribution in [0.4, 0.5) is 0 Å². The number of aryl methyl sites for hydroxylation is 1. The molecule has 0 saturated carbocycles. The van der Waals surface area contributed by atoms with Crippen molar-refractivity contribution in [3.8, 4) is 0 Å². The molecule has 12 heavy (non-hydrogen) atoms. The zero-order valence-electron chi connectivity index (χ0n) is 7.70. The number of aromatic nitrogens is 2. The van der Waals surface area contributed by atoms with Crippen LogP contribution in [-0.4, -0.2) is 21.5 Å². The number of nitrogens with zero attached hydrogens (tertiary/aromatic N) is 2. The van der Waals surface area contributed by atoms with Gasteiger partial charge in [-0.05, 0) is 32.3 Å². The van der Waals surface area contributed by atoms with E-state index in [1.165, 1.54) is 5.56 Å². The Balaban J connectivity index is 2.52. The molecule has 0 radical (unpaired) electrons. The molecule has 0 aliphatic rings. The molecular formula is C9H16N2O. The molecule has 1 aromatic rings. The lowest BCUT2D eigenvalue weighted by molar-refractivity contribution is 0.288. The summed E-state index contributed by atoms with van der Waals surface area (Å²) in [4.78, 5) is 0. The summed E-state index contributed by atoms with van der Waals surface area (Å²) in [5.74, 6) is 0. The molecule has 68 valence electrons. The Morgan fingerprint density at radius 3 is 2.83 bits per heavy atom. The Hall–Kier alpha value is -0.830. The van der Waals surface area contributed by atoms with Crippen molar-refractivity contribution in [2.24, 2.45) is 0 Å². The van der Waals surface area contributed by atoms with E-state index < -0.39 is 0 Å². The zero-order valence-corrected chi connectivity index (χ0v) is 7.70. The summed E-state index contributed by atoms with van der Waals surface area (Å²) in [5.41, 5.74) is 1.21.